The summed E-state index contributed by atoms with van der Waals surface area (Å²) < 4.78 is 49.7. The van der Waals surface area contributed by atoms with Crippen molar-refractivity contribution in [1.29, 1.82) is 0 Å². The molecule has 2 aromatic carbocycles. The van der Waals surface area contributed by atoms with Crippen molar-refractivity contribution < 1.29 is 22.3 Å². The predicted octanol–water partition coefficient (Wildman–Crippen LogP) is 7.24. The normalized spacial score (nSPS) is 12.8. The molecule has 0 aliphatic rings. The summed E-state index contributed by atoms with van der Waals surface area (Å²) in [5, 5.41) is 1.65. The summed E-state index contributed by atoms with van der Waals surface area (Å²) in [7, 11) is -2.75. The Morgan fingerprint density at radius 3 is 2.26 bits per heavy atom. The average Bonchev–Trinajstić information content (AvgIpc) is 3.50. The zero-order valence-corrected chi connectivity index (χ0v) is 27.4. The van der Waals surface area contributed by atoms with Crippen LogP contribution >= 0.6 is 0 Å². The number of nitrogens with zero attached hydrogens (tertiary/aromatic N) is 3. The van der Waals surface area contributed by atoms with Gasteiger partial charge in [-0.2, -0.15) is 0 Å². The molecule has 222 valence electrons. The molecule has 42 heavy (non-hydrogen) atoms. The van der Waals surface area contributed by atoms with E-state index in [2.05, 4.69) is 43.4 Å². The van der Waals surface area contributed by atoms with Crippen LogP contribution in [-0.2, 0) is 21.0 Å². The van der Waals surface area contributed by atoms with Gasteiger partial charge in [0.05, 0.1) is 36.9 Å². The Kier molecular flexibility index (Phi) is 7.76. The van der Waals surface area contributed by atoms with Gasteiger partial charge in [-0.3, -0.25) is 0 Å². The monoisotopic (exact) mass is 605 g/mol. The second kappa shape index (κ2) is 10.9. The fourth-order valence-electron chi connectivity index (χ4n) is 4.88. The highest BCUT2D eigenvalue weighted by Gasteiger charge is 2.37. The molecule has 0 unspecified atom stereocenters. The molecule has 0 N–H and O–H groups in total. The molecule has 8 nitrogen and oxygen atoms in total. The molecule has 10 heteroatoms. The first-order valence-electron chi connectivity index (χ1n) is 14.0. The van der Waals surface area contributed by atoms with Crippen LogP contribution in [0.2, 0.25) is 18.1 Å². The Hall–Kier alpha value is -3.60. The zero-order chi connectivity index (χ0) is 30.4. The molecule has 0 aliphatic heterocycles. The highest BCUT2D eigenvalue weighted by Crippen LogP contribution is 2.41. The quantitative estimate of drug-likeness (QED) is 0.165. The average molecular weight is 606 g/mol. The van der Waals surface area contributed by atoms with E-state index in [1.165, 1.54) is 3.97 Å². The van der Waals surface area contributed by atoms with E-state index in [-0.39, 0.29) is 9.93 Å². The van der Waals surface area contributed by atoms with Gasteiger partial charge in [-0.15, -0.1) is 0 Å². The molecule has 5 rings (SSSR count). The second-order valence-corrected chi connectivity index (χ2v) is 18.7. The summed E-state index contributed by atoms with van der Waals surface area (Å²) in [6, 6.07) is 16.3. The van der Waals surface area contributed by atoms with Crippen molar-refractivity contribution in [1.82, 2.24) is 13.5 Å². The maximum Gasteiger partial charge on any atom is 0.269 e. The van der Waals surface area contributed by atoms with Crippen LogP contribution in [0.15, 0.2) is 71.9 Å². The molecule has 0 atom stereocenters. The first kappa shape index (κ1) is 29.9. The lowest BCUT2D eigenvalue weighted by Gasteiger charge is -2.36. The highest BCUT2D eigenvalue weighted by molar-refractivity contribution is 7.90. The molecule has 3 aromatic heterocycles. The van der Waals surface area contributed by atoms with Crippen LogP contribution in [0.5, 0.6) is 11.5 Å². The van der Waals surface area contributed by atoms with Gasteiger partial charge in [-0.1, -0.05) is 38.5 Å². The zero-order valence-electron chi connectivity index (χ0n) is 25.6. The third-order valence-corrected chi connectivity index (χ3v) is 14.6. The van der Waals surface area contributed by atoms with Gasteiger partial charge in [0.15, 0.2) is 25.5 Å². The summed E-state index contributed by atoms with van der Waals surface area (Å²) in [6.07, 6.45) is 3.61. The number of rotatable bonds is 9. The first-order chi connectivity index (χ1) is 19.8. The number of methoxy groups -OCH3 is 2. The molecule has 3 heterocycles. The number of ether oxygens (including phenoxy) is 2. The first-order valence-corrected chi connectivity index (χ1v) is 18.3. The maximum atomic E-state index is 14.2. The van der Waals surface area contributed by atoms with Gasteiger partial charge in [-0.25, -0.2) is 17.4 Å². The molecule has 0 fully saturated rings. The van der Waals surface area contributed by atoms with Crippen LogP contribution < -0.4 is 9.47 Å². The lowest BCUT2D eigenvalue weighted by molar-refractivity contribution is 0.273. The van der Waals surface area contributed by atoms with Crippen LogP contribution in [0, 0.1) is 6.92 Å². The van der Waals surface area contributed by atoms with Crippen molar-refractivity contribution >= 4 is 40.3 Å². The molecular formula is C32H39N3O5SSi. The van der Waals surface area contributed by atoms with E-state index >= 15 is 0 Å². The number of hydrogen-bond acceptors (Lipinski definition) is 6. The van der Waals surface area contributed by atoms with Crippen molar-refractivity contribution in [2.75, 3.05) is 20.8 Å². The second-order valence-electron chi connectivity index (χ2n) is 12.1. The number of hydrogen-bond donors (Lipinski definition) is 0. The molecule has 5 aromatic rings. The van der Waals surface area contributed by atoms with Gasteiger partial charge in [0.25, 0.3) is 10.0 Å². The topological polar surface area (TPSA) is 84.6 Å². The van der Waals surface area contributed by atoms with E-state index < -0.39 is 18.3 Å². The lowest BCUT2D eigenvalue weighted by atomic mass is 10.1. The number of pyridine rings is 1. The van der Waals surface area contributed by atoms with E-state index in [0.29, 0.717) is 36.0 Å². The van der Waals surface area contributed by atoms with Crippen LogP contribution in [-0.4, -0.2) is 51.1 Å². The van der Waals surface area contributed by atoms with Crippen LogP contribution in [0.4, 0.5) is 0 Å². The van der Waals surface area contributed by atoms with E-state index in [9.17, 15) is 8.42 Å². The molecule has 0 aliphatic carbocycles. The Morgan fingerprint density at radius 2 is 1.62 bits per heavy atom. The number of aromatic nitrogens is 3. The molecule has 0 amide bonds. The molecule has 0 saturated heterocycles. The summed E-state index contributed by atoms with van der Waals surface area (Å²) >= 11 is 0. The predicted molar refractivity (Wildman–Crippen MR) is 171 cm³/mol. The third kappa shape index (κ3) is 5.23. The van der Waals surface area contributed by atoms with E-state index in [1.807, 2.05) is 43.5 Å². The Balaban J connectivity index is 1.73. The van der Waals surface area contributed by atoms with E-state index in [4.69, 9.17) is 13.9 Å². The highest BCUT2D eigenvalue weighted by atomic mass is 32.2. The maximum absolute atomic E-state index is 14.2. The SMILES string of the molecule is COc1cc2c(-c3cc4cccnc4n3S(=O)(=O)c3ccc(C)cc3)cn(CCO[Si](C)(C)C(C)(C)C)c2cc1OC. The fraction of sp³-hybridized carbons (Fsp3) is 0.344. The number of benzene rings is 2. The van der Waals surface area contributed by atoms with Gasteiger partial charge < -0.3 is 18.5 Å². The van der Waals surface area contributed by atoms with Crippen molar-refractivity contribution in [2.24, 2.45) is 0 Å². The Labute approximate surface area is 249 Å². The molecule has 0 saturated carbocycles. The van der Waals surface area contributed by atoms with E-state index in [1.54, 1.807) is 44.7 Å². The summed E-state index contributed by atoms with van der Waals surface area (Å²) in [5.74, 6) is 1.15. The van der Waals surface area contributed by atoms with Crippen molar-refractivity contribution in [3.8, 4) is 22.8 Å². The number of fused-ring (bicyclic) bond motifs is 2. The Morgan fingerprint density at radius 1 is 0.952 bits per heavy atom. The van der Waals surface area contributed by atoms with Gasteiger partial charge in [0, 0.05) is 41.3 Å². The minimum Gasteiger partial charge on any atom is -0.493 e. The van der Waals surface area contributed by atoms with Crippen molar-refractivity contribution in [2.45, 2.75) is 57.3 Å². The van der Waals surface area contributed by atoms with Crippen LogP contribution in [0.3, 0.4) is 0 Å². The van der Waals surface area contributed by atoms with E-state index in [0.717, 1.165) is 27.4 Å². The fourth-order valence-corrected chi connectivity index (χ4v) is 7.39. The van der Waals surface area contributed by atoms with Crippen LogP contribution in [0.1, 0.15) is 26.3 Å². The minimum absolute atomic E-state index is 0.0891. The lowest BCUT2D eigenvalue weighted by Crippen LogP contribution is -2.41. The molecule has 0 spiro atoms. The molecular weight excluding hydrogens is 567 g/mol. The van der Waals surface area contributed by atoms with Crippen molar-refractivity contribution in [3.63, 3.8) is 0 Å². The standard InChI is InChI=1S/C32H39N3O5SSi/c1-22-11-13-24(14-12-22)41(36,37)35-28(18-23-10-9-15-33-31(23)35)26-21-34(16-17-40-42(7,8)32(2,3)4)27-20-30(39-6)29(38-5)19-25(26)27/h9-15,18-21H,16-17H2,1-8H3. The van der Waals surface area contributed by atoms with Crippen LogP contribution in [0.25, 0.3) is 33.2 Å². The summed E-state index contributed by atoms with van der Waals surface area (Å²) in [6.45, 7) is 14.2. The van der Waals surface area contributed by atoms with Gasteiger partial charge in [-0.05, 0) is 61.5 Å². The number of aryl methyl sites for hydroxylation is 1. The van der Waals surface area contributed by atoms with Gasteiger partial charge >= 0.3 is 0 Å². The third-order valence-electron chi connectivity index (χ3n) is 8.34. The Bertz CT molecular complexity index is 1870. The van der Waals surface area contributed by atoms with Gasteiger partial charge in [0.2, 0.25) is 0 Å². The smallest absolute Gasteiger partial charge is 0.269 e. The molecule has 0 bridgehead atoms. The summed E-state index contributed by atoms with van der Waals surface area (Å²) in [5.41, 5.74) is 3.50. The van der Waals surface area contributed by atoms with Gasteiger partial charge in [0.1, 0.15) is 0 Å². The van der Waals surface area contributed by atoms with Crippen molar-refractivity contribution in [3.05, 3.63) is 72.6 Å². The molecule has 0 radical (unpaired) electrons. The minimum atomic E-state index is -3.99. The largest absolute Gasteiger partial charge is 0.493 e. The summed E-state index contributed by atoms with van der Waals surface area (Å²) in [4.78, 5) is 4.70.